The van der Waals surface area contributed by atoms with Gasteiger partial charge in [0.1, 0.15) is 17.1 Å². The Morgan fingerprint density at radius 2 is 2.12 bits per heavy atom. The van der Waals surface area contributed by atoms with E-state index in [9.17, 15) is 4.79 Å². The summed E-state index contributed by atoms with van der Waals surface area (Å²) in [6.45, 7) is 4.54. The number of hydrogen-bond donors (Lipinski definition) is 0. The topological polar surface area (TPSA) is 46.8 Å². The van der Waals surface area contributed by atoms with Crippen molar-refractivity contribution in [3.63, 3.8) is 0 Å². The Kier molecular flexibility index (Phi) is 3.86. The molecule has 0 saturated heterocycles. The summed E-state index contributed by atoms with van der Waals surface area (Å²) in [5.41, 5.74) is 3.58. The fourth-order valence-corrected chi connectivity index (χ4v) is 4.48. The number of thiazole rings is 1. The van der Waals surface area contributed by atoms with Gasteiger partial charge in [-0.15, -0.1) is 0 Å². The highest BCUT2D eigenvalue weighted by Gasteiger charge is 2.24. The zero-order valence-corrected chi connectivity index (χ0v) is 14.6. The highest BCUT2D eigenvalue weighted by atomic mass is 32.1. The number of nitrogens with zero attached hydrogens (tertiary/aromatic N) is 3. The molecule has 124 valence electrons. The summed E-state index contributed by atoms with van der Waals surface area (Å²) in [6, 6.07) is 7.77. The first kappa shape index (κ1) is 15.4. The van der Waals surface area contributed by atoms with Gasteiger partial charge in [-0.1, -0.05) is 11.3 Å². The minimum Gasteiger partial charge on any atom is -0.494 e. The van der Waals surface area contributed by atoms with Crippen molar-refractivity contribution in [3.05, 3.63) is 40.5 Å². The molecule has 0 spiro atoms. The molecule has 24 heavy (non-hydrogen) atoms. The number of likely N-dealkylation sites (N-methyl/N-ethyl adjacent to an activating group) is 1. The van der Waals surface area contributed by atoms with Crippen LogP contribution in [0.5, 0.6) is 5.75 Å². The molecular weight excluding hydrogens is 322 g/mol. The van der Waals surface area contributed by atoms with Crippen LogP contribution in [0.1, 0.15) is 28.0 Å². The van der Waals surface area contributed by atoms with Crippen molar-refractivity contribution in [2.75, 3.05) is 20.2 Å². The van der Waals surface area contributed by atoms with Gasteiger partial charge < -0.3 is 9.64 Å². The van der Waals surface area contributed by atoms with Crippen LogP contribution in [-0.4, -0.2) is 40.8 Å². The number of benzene rings is 1. The van der Waals surface area contributed by atoms with E-state index in [4.69, 9.17) is 9.72 Å². The summed E-state index contributed by atoms with van der Waals surface area (Å²) < 4.78 is 7.53. The van der Waals surface area contributed by atoms with Gasteiger partial charge in [-0.05, 0) is 38.2 Å². The van der Waals surface area contributed by atoms with Crippen LogP contribution in [0.3, 0.4) is 0 Å². The molecule has 2 aromatic heterocycles. The van der Waals surface area contributed by atoms with Crippen LogP contribution < -0.4 is 4.74 Å². The summed E-state index contributed by atoms with van der Waals surface area (Å²) in [6.07, 6.45) is 1.88. The molecule has 6 heteroatoms. The number of fused-ring (bicyclic) bond motifs is 3. The van der Waals surface area contributed by atoms with Crippen LogP contribution in [0.15, 0.2) is 24.3 Å². The number of carbonyl (C=O) groups excluding carboxylic acids is 1. The van der Waals surface area contributed by atoms with Crippen LogP contribution in [0.2, 0.25) is 0 Å². The van der Waals surface area contributed by atoms with Crippen molar-refractivity contribution in [3.8, 4) is 17.0 Å². The van der Waals surface area contributed by atoms with Crippen molar-refractivity contribution in [1.29, 1.82) is 0 Å². The average Bonchev–Trinajstić information content (AvgIpc) is 3.10. The van der Waals surface area contributed by atoms with Gasteiger partial charge in [0.05, 0.1) is 6.61 Å². The molecule has 0 bridgehead atoms. The Morgan fingerprint density at radius 1 is 1.33 bits per heavy atom. The predicted molar refractivity (Wildman–Crippen MR) is 95.1 cm³/mol. The summed E-state index contributed by atoms with van der Waals surface area (Å²) >= 11 is 1.69. The lowest BCUT2D eigenvalue weighted by atomic mass is 10.1. The first-order valence-corrected chi connectivity index (χ1v) is 8.93. The summed E-state index contributed by atoms with van der Waals surface area (Å²) in [5, 5.41) is 0. The third kappa shape index (κ3) is 2.42. The highest BCUT2D eigenvalue weighted by Crippen LogP contribution is 2.33. The van der Waals surface area contributed by atoms with Gasteiger partial charge >= 0.3 is 0 Å². The molecule has 3 heterocycles. The molecular formula is C18H19N3O2S. The second kappa shape index (κ2) is 6.03. The number of ether oxygens (including phenoxy) is 1. The molecule has 0 fully saturated rings. The van der Waals surface area contributed by atoms with E-state index in [2.05, 4.69) is 11.9 Å². The van der Waals surface area contributed by atoms with Crippen molar-refractivity contribution < 1.29 is 9.53 Å². The SMILES string of the molecule is CCOc1ccc(-c2nc3sc4c(n3c2C=O)CCN(C)C4)cc1. The van der Waals surface area contributed by atoms with Crippen LogP contribution >= 0.6 is 11.3 Å². The van der Waals surface area contributed by atoms with Gasteiger partial charge in [0, 0.05) is 35.6 Å². The largest absolute Gasteiger partial charge is 0.494 e. The highest BCUT2D eigenvalue weighted by molar-refractivity contribution is 7.17. The number of imidazole rings is 1. The Labute approximate surface area is 144 Å². The summed E-state index contributed by atoms with van der Waals surface area (Å²) in [4.78, 5) is 21.1. The minimum absolute atomic E-state index is 0.639. The fraction of sp³-hybridized carbons (Fsp3) is 0.333. The van der Waals surface area contributed by atoms with Crippen molar-refractivity contribution in [1.82, 2.24) is 14.3 Å². The molecule has 4 rings (SSSR count). The number of aromatic nitrogens is 2. The monoisotopic (exact) mass is 341 g/mol. The molecule has 0 atom stereocenters. The van der Waals surface area contributed by atoms with Gasteiger partial charge in [0.15, 0.2) is 11.2 Å². The Bertz CT molecular complexity index is 895. The van der Waals surface area contributed by atoms with E-state index in [0.717, 1.165) is 47.8 Å². The van der Waals surface area contributed by atoms with Gasteiger partial charge in [0.2, 0.25) is 0 Å². The van der Waals surface area contributed by atoms with Gasteiger partial charge in [-0.3, -0.25) is 9.20 Å². The van der Waals surface area contributed by atoms with Gasteiger partial charge in [0.25, 0.3) is 0 Å². The standard InChI is InChI=1S/C18H19N3O2S/c1-3-23-13-6-4-12(5-7-13)17-15(11-22)21-14-8-9-20(2)10-16(14)24-18(21)19-17/h4-7,11H,3,8-10H2,1-2H3. The molecule has 0 amide bonds. The number of carbonyl (C=O) groups is 1. The third-order valence-electron chi connectivity index (χ3n) is 4.38. The quantitative estimate of drug-likeness (QED) is 0.684. The van der Waals surface area contributed by atoms with Crippen LogP contribution in [0, 0.1) is 0 Å². The molecule has 1 aliphatic rings. The molecule has 0 N–H and O–H groups in total. The fourth-order valence-electron chi connectivity index (χ4n) is 3.23. The second-order valence-corrected chi connectivity index (χ2v) is 7.06. The minimum atomic E-state index is 0.639. The van der Waals surface area contributed by atoms with E-state index < -0.39 is 0 Å². The smallest absolute Gasteiger partial charge is 0.195 e. The van der Waals surface area contributed by atoms with Crippen molar-refractivity contribution in [2.45, 2.75) is 19.9 Å². The van der Waals surface area contributed by atoms with Gasteiger partial charge in [-0.2, -0.15) is 0 Å². The molecule has 0 unspecified atom stereocenters. The summed E-state index contributed by atoms with van der Waals surface area (Å²) in [7, 11) is 2.12. The van der Waals surface area contributed by atoms with E-state index in [1.165, 1.54) is 10.6 Å². The maximum Gasteiger partial charge on any atom is 0.195 e. The van der Waals surface area contributed by atoms with Crippen LogP contribution in [0.4, 0.5) is 0 Å². The second-order valence-electron chi connectivity index (χ2n) is 6.00. The first-order chi connectivity index (χ1) is 11.7. The van der Waals surface area contributed by atoms with E-state index in [0.29, 0.717) is 12.3 Å². The molecule has 1 aliphatic heterocycles. The molecule has 0 radical (unpaired) electrons. The Morgan fingerprint density at radius 3 is 2.83 bits per heavy atom. The van der Waals surface area contributed by atoms with E-state index in [1.54, 1.807) is 11.3 Å². The Balaban J connectivity index is 1.81. The lowest BCUT2D eigenvalue weighted by Gasteiger charge is -2.21. The van der Waals surface area contributed by atoms with Crippen molar-refractivity contribution >= 4 is 22.6 Å². The number of aldehydes is 1. The van der Waals surface area contributed by atoms with Crippen molar-refractivity contribution in [2.24, 2.45) is 0 Å². The maximum atomic E-state index is 11.8. The lowest BCUT2D eigenvalue weighted by Crippen LogP contribution is -2.26. The molecule has 5 nitrogen and oxygen atoms in total. The zero-order chi connectivity index (χ0) is 16.7. The molecule has 0 aliphatic carbocycles. The number of hydrogen-bond acceptors (Lipinski definition) is 5. The first-order valence-electron chi connectivity index (χ1n) is 8.11. The normalized spacial score (nSPS) is 14.8. The maximum absolute atomic E-state index is 11.8. The van der Waals surface area contributed by atoms with E-state index in [-0.39, 0.29) is 0 Å². The predicted octanol–water partition coefficient (Wildman–Crippen LogP) is 3.26. The van der Waals surface area contributed by atoms with E-state index >= 15 is 0 Å². The van der Waals surface area contributed by atoms with E-state index in [1.807, 2.05) is 35.6 Å². The molecule has 0 saturated carbocycles. The van der Waals surface area contributed by atoms with Crippen LogP contribution in [-0.2, 0) is 13.0 Å². The van der Waals surface area contributed by atoms with Crippen LogP contribution in [0.25, 0.3) is 16.2 Å². The Hall–Kier alpha value is -2.18. The third-order valence-corrected chi connectivity index (χ3v) is 5.45. The average molecular weight is 341 g/mol. The molecule has 3 aromatic rings. The zero-order valence-electron chi connectivity index (χ0n) is 13.8. The molecule has 1 aromatic carbocycles. The lowest BCUT2D eigenvalue weighted by molar-refractivity contribution is 0.111. The van der Waals surface area contributed by atoms with Gasteiger partial charge in [-0.25, -0.2) is 4.98 Å². The number of rotatable bonds is 4. The summed E-state index contributed by atoms with van der Waals surface area (Å²) in [5.74, 6) is 0.829.